The van der Waals surface area contributed by atoms with Gasteiger partial charge in [-0.05, 0) is 36.6 Å². The van der Waals surface area contributed by atoms with Crippen LogP contribution in [0.25, 0.3) is 0 Å². The van der Waals surface area contributed by atoms with E-state index in [1.807, 2.05) is 0 Å². The van der Waals surface area contributed by atoms with E-state index in [4.69, 9.17) is 4.74 Å². The number of hydrogen-bond acceptors (Lipinski definition) is 4. The maximum Gasteiger partial charge on any atom is 1.00 e. The molecule has 0 unspecified atom stereocenters. The van der Waals surface area contributed by atoms with Gasteiger partial charge >= 0.3 is 29.6 Å². The van der Waals surface area contributed by atoms with Crippen LogP contribution in [-0.2, 0) is 16.5 Å². The maximum atomic E-state index is 11.9. The molecular weight excluding hydrogens is 363 g/mol. The second-order valence-corrected chi connectivity index (χ2v) is 7.32. The number of rotatable bonds is 9. The fourth-order valence-electron chi connectivity index (χ4n) is 2.68. The smallest absolute Gasteiger partial charge is 0.872 e. The second kappa shape index (κ2) is 10.9. The van der Waals surface area contributed by atoms with E-state index in [1.54, 1.807) is 12.1 Å². The second-order valence-electron chi connectivity index (χ2n) is 5.96. The Morgan fingerprint density at radius 3 is 2.27 bits per heavy atom. The molecule has 5 nitrogen and oxygen atoms in total. The van der Waals surface area contributed by atoms with Gasteiger partial charge in [0.2, 0.25) is 0 Å². The molecule has 2 aromatic carbocycles. The molecule has 0 heterocycles. The van der Waals surface area contributed by atoms with Gasteiger partial charge in [-0.2, -0.15) is 8.42 Å². The summed E-state index contributed by atoms with van der Waals surface area (Å²) in [4.78, 5) is -0.198. The summed E-state index contributed by atoms with van der Waals surface area (Å²) in [5.41, 5.74) is 0.539. The van der Waals surface area contributed by atoms with Crippen LogP contribution >= 0.6 is 0 Å². The first-order chi connectivity index (χ1) is 11.9. The Kier molecular flexibility index (Phi) is 9.68. The van der Waals surface area contributed by atoms with Crippen molar-refractivity contribution in [2.24, 2.45) is 0 Å². The Hall–Kier alpha value is -1.05. The summed E-state index contributed by atoms with van der Waals surface area (Å²) >= 11 is 0. The monoisotopic (exact) mass is 386 g/mol. The Labute approximate surface area is 177 Å². The van der Waals surface area contributed by atoms with E-state index >= 15 is 0 Å². The Balaban J connectivity index is 0.00000338. The standard InChI is InChI=1S/C19H24O5S.Na/c1-2-3-4-5-6-8-15-9-7-10-18(19(15)25(21,22)23)24-17-13-11-16(20)12-14-17;/h7,9-14,20H,2-6,8H2,1H3,(H,21,22,23);/q;+1/p-1. The molecule has 0 spiro atoms. The molecule has 2 rings (SSSR count). The first kappa shape index (κ1) is 23.0. The summed E-state index contributed by atoms with van der Waals surface area (Å²) in [6.07, 6.45) is 5.81. The molecule has 2 aromatic rings. The fraction of sp³-hybridized carbons (Fsp3) is 0.368. The van der Waals surface area contributed by atoms with Gasteiger partial charge in [0.1, 0.15) is 16.4 Å². The number of benzene rings is 2. The van der Waals surface area contributed by atoms with Gasteiger partial charge in [-0.25, -0.2) is 0 Å². The molecule has 7 heteroatoms. The number of aryl methyl sites for hydroxylation is 1. The molecule has 0 aliphatic heterocycles. The van der Waals surface area contributed by atoms with Crippen molar-refractivity contribution >= 4 is 10.1 Å². The van der Waals surface area contributed by atoms with Crippen molar-refractivity contribution in [1.29, 1.82) is 0 Å². The molecule has 0 radical (unpaired) electrons. The van der Waals surface area contributed by atoms with E-state index in [2.05, 4.69) is 6.92 Å². The van der Waals surface area contributed by atoms with E-state index < -0.39 is 10.1 Å². The number of hydrogen-bond donors (Lipinski definition) is 1. The molecule has 0 aliphatic carbocycles. The molecule has 0 bridgehead atoms. The predicted octanol–water partition coefficient (Wildman–Crippen LogP) is 1.32. The summed E-state index contributed by atoms with van der Waals surface area (Å²) in [5.74, 6) is 0.236. The third-order valence-electron chi connectivity index (χ3n) is 3.92. The molecule has 0 fully saturated rings. The van der Waals surface area contributed by atoms with Crippen molar-refractivity contribution < 1.29 is 52.4 Å². The minimum absolute atomic E-state index is 0. The average Bonchev–Trinajstić information content (AvgIpc) is 2.56. The van der Waals surface area contributed by atoms with Crippen LogP contribution in [-0.4, -0.2) is 13.0 Å². The number of ether oxygens (including phenoxy) is 1. The van der Waals surface area contributed by atoms with Crippen LogP contribution in [0, 0.1) is 0 Å². The van der Waals surface area contributed by atoms with Crippen LogP contribution in [0.5, 0.6) is 17.2 Å². The van der Waals surface area contributed by atoms with Crippen LogP contribution in [0.2, 0.25) is 0 Å². The first-order valence-corrected chi connectivity index (χ1v) is 9.90. The van der Waals surface area contributed by atoms with Crippen molar-refractivity contribution in [1.82, 2.24) is 0 Å². The van der Waals surface area contributed by atoms with Crippen LogP contribution in [0.3, 0.4) is 0 Å². The molecule has 0 atom stereocenters. The van der Waals surface area contributed by atoms with E-state index in [1.165, 1.54) is 30.3 Å². The minimum atomic E-state index is -4.43. The van der Waals surface area contributed by atoms with Crippen molar-refractivity contribution in [2.75, 3.05) is 0 Å². The van der Waals surface area contributed by atoms with Crippen molar-refractivity contribution in [3.63, 3.8) is 0 Å². The summed E-state index contributed by atoms with van der Waals surface area (Å²) in [7, 11) is -4.43. The van der Waals surface area contributed by atoms with Gasteiger partial charge < -0.3 is 9.84 Å². The van der Waals surface area contributed by atoms with Crippen LogP contribution in [0.1, 0.15) is 44.6 Å². The third kappa shape index (κ3) is 6.93. The topological polar surface area (TPSA) is 86.7 Å². The largest absolute Gasteiger partial charge is 1.00 e. The SMILES string of the molecule is CCCCCCCc1cccc(Oc2ccc([O-])cc2)c1S(=O)(=O)O.[Na+]. The van der Waals surface area contributed by atoms with Crippen LogP contribution in [0.15, 0.2) is 47.4 Å². The van der Waals surface area contributed by atoms with E-state index in [-0.39, 0.29) is 46.0 Å². The molecule has 26 heavy (non-hydrogen) atoms. The molecule has 1 N–H and O–H groups in total. The normalized spacial score (nSPS) is 11.0. The predicted molar refractivity (Wildman–Crippen MR) is 94.7 cm³/mol. The van der Waals surface area contributed by atoms with Crippen LogP contribution < -0.4 is 39.4 Å². The van der Waals surface area contributed by atoms with Gasteiger partial charge in [0.15, 0.2) is 0 Å². The Morgan fingerprint density at radius 1 is 1.00 bits per heavy atom. The van der Waals surface area contributed by atoms with E-state index in [0.717, 1.165) is 32.1 Å². The van der Waals surface area contributed by atoms with Crippen molar-refractivity contribution in [3.8, 4) is 17.2 Å². The zero-order valence-electron chi connectivity index (χ0n) is 15.3. The molecule has 0 amide bonds. The van der Waals surface area contributed by atoms with Gasteiger partial charge in [-0.3, -0.25) is 4.55 Å². The molecule has 0 aliphatic rings. The van der Waals surface area contributed by atoms with Gasteiger partial charge in [0, 0.05) is 0 Å². The quantitative estimate of drug-likeness (QED) is 0.399. The molecule has 0 aromatic heterocycles. The van der Waals surface area contributed by atoms with E-state index in [9.17, 15) is 18.1 Å². The zero-order chi connectivity index (χ0) is 18.3. The fourth-order valence-corrected chi connectivity index (χ4v) is 3.55. The van der Waals surface area contributed by atoms with E-state index in [0.29, 0.717) is 17.7 Å². The minimum Gasteiger partial charge on any atom is -0.872 e. The Morgan fingerprint density at radius 2 is 1.65 bits per heavy atom. The number of unbranched alkanes of at least 4 members (excludes halogenated alkanes) is 4. The molecule has 0 saturated heterocycles. The summed E-state index contributed by atoms with van der Waals surface area (Å²) < 4.78 is 39.0. The average molecular weight is 386 g/mol. The zero-order valence-corrected chi connectivity index (χ0v) is 18.1. The van der Waals surface area contributed by atoms with Crippen molar-refractivity contribution in [2.45, 2.75) is 50.3 Å². The van der Waals surface area contributed by atoms with Crippen LogP contribution in [0.4, 0.5) is 0 Å². The summed E-state index contributed by atoms with van der Waals surface area (Å²) in [6, 6.07) is 10.5. The molecule has 0 saturated carbocycles. The summed E-state index contributed by atoms with van der Waals surface area (Å²) in [6.45, 7) is 2.14. The molecule has 136 valence electrons. The van der Waals surface area contributed by atoms with Crippen molar-refractivity contribution in [3.05, 3.63) is 48.0 Å². The van der Waals surface area contributed by atoms with Gasteiger partial charge in [-0.15, -0.1) is 5.75 Å². The molecular formula is C19H23NaO5S. The Bertz CT molecular complexity index is 788. The van der Waals surface area contributed by atoms with Gasteiger partial charge in [0.25, 0.3) is 10.1 Å². The third-order valence-corrected chi connectivity index (χ3v) is 4.90. The van der Waals surface area contributed by atoms with Gasteiger partial charge in [0.05, 0.1) is 0 Å². The van der Waals surface area contributed by atoms with Gasteiger partial charge in [-0.1, -0.05) is 56.9 Å². The maximum absolute atomic E-state index is 11.9. The first-order valence-electron chi connectivity index (χ1n) is 8.46. The summed E-state index contributed by atoms with van der Waals surface area (Å²) in [5, 5.41) is 11.2.